The van der Waals surface area contributed by atoms with Crippen molar-refractivity contribution >= 4 is 39.4 Å². The number of nitrogens with one attached hydrogen (secondary N) is 4. The van der Waals surface area contributed by atoms with Gasteiger partial charge in [-0.1, -0.05) is 79.1 Å². The van der Waals surface area contributed by atoms with Crippen molar-refractivity contribution in [2.24, 2.45) is 22.7 Å². The molecule has 5 fully saturated rings. The molecule has 13 heteroatoms. The van der Waals surface area contributed by atoms with E-state index < -0.39 is 67.8 Å². The highest BCUT2D eigenvalue weighted by Gasteiger charge is 2.70. The van der Waals surface area contributed by atoms with Crippen LogP contribution in [0.1, 0.15) is 131 Å². The molecule has 50 heavy (non-hydrogen) atoms. The molecule has 0 aromatic carbocycles. The third-order valence-corrected chi connectivity index (χ3v) is 15.5. The molecule has 0 bridgehead atoms. The van der Waals surface area contributed by atoms with Crippen LogP contribution in [0.3, 0.4) is 0 Å². The van der Waals surface area contributed by atoms with E-state index in [4.69, 9.17) is 0 Å². The van der Waals surface area contributed by atoms with Crippen LogP contribution in [-0.2, 0) is 29.0 Å². The number of likely N-dealkylation sites (tertiary alicyclic amines) is 1. The Morgan fingerprint density at radius 1 is 0.860 bits per heavy atom. The summed E-state index contributed by atoms with van der Waals surface area (Å²) in [6, 6.07) is -3.30. The normalized spacial score (nSPS) is 29.9. The van der Waals surface area contributed by atoms with E-state index in [0.29, 0.717) is 51.6 Å². The van der Waals surface area contributed by atoms with Crippen LogP contribution in [0.15, 0.2) is 0 Å². The maximum Gasteiger partial charge on any atom is 0.315 e. The minimum atomic E-state index is -3.35. The topological polar surface area (TPSA) is 171 Å². The molecule has 3 saturated carbocycles. The number of fused-ring (bicyclic) bond motifs is 1. The van der Waals surface area contributed by atoms with E-state index in [1.54, 1.807) is 11.8 Å². The molecule has 4 N–H and O–H groups in total. The van der Waals surface area contributed by atoms with Crippen LogP contribution >= 0.6 is 0 Å². The van der Waals surface area contributed by atoms with Gasteiger partial charge in [0.05, 0.1) is 22.6 Å². The highest BCUT2D eigenvalue weighted by molar-refractivity contribution is 7.92. The van der Waals surface area contributed by atoms with E-state index in [1.807, 2.05) is 13.8 Å². The third kappa shape index (κ3) is 7.58. The van der Waals surface area contributed by atoms with Crippen molar-refractivity contribution in [1.29, 1.82) is 0 Å². The summed E-state index contributed by atoms with van der Waals surface area (Å²) in [5.74, 6) is -2.10. The zero-order chi connectivity index (χ0) is 36.5. The largest absolute Gasteiger partial charge is 0.350 e. The summed E-state index contributed by atoms with van der Waals surface area (Å²) in [6.07, 6.45) is 11.0. The zero-order valence-electron chi connectivity index (χ0n) is 30.9. The number of hydrogen-bond donors (Lipinski definition) is 4. The van der Waals surface area contributed by atoms with Crippen molar-refractivity contribution < 1.29 is 32.4 Å². The molecule has 3 aliphatic carbocycles. The van der Waals surface area contributed by atoms with E-state index >= 15 is 0 Å². The summed E-state index contributed by atoms with van der Waals surface area (Å²) < 4.78 is 26.3. The Morgan fingerprint density at radius 2 is 1.50 bits per heavy atom. The summed E-state index contributed by atoms with van der Waals surface area (Å²) in [7, 11) is -3.35. The van der Waals surface area contributed by atoms with Crippen LogP contribution in [0, 0.1) is 22.7 Å². The number of carbonyl (C=O) groups excluding carboxylic acids is 5. The number of ketones is 1. The highest BCUT2D eigenvalue weighted by Crippen LogP contribution is 2.65. The molecule has 0 aromatic heterocycles. The van der Waals surface area contributed by atoms with Gasteiger partial charge in [-0.3, -0.25) is 19.2 Å². The summed E-state index contributed by atoms with van der Waals surface area (Å²) in [6.45, 7) is 10.6. The average molecular weight is 720 g/mol. The van der Waals surface area contributed by atoms with E-state index in [1.165, 1.54) is 0 Å². The molecular formula is C37H61N5O7S. The van der Waals surface area contributed by atoms with Crippen LogP contribution in [0.2, 0.25) is 0 Å². The second-order valence-corrected chi connectivity index (χ2v) is 19.1. The molecule has 6 atom stereocenters. The first-order valence-electron chi connectivity index (χ1n) is 19.3. The number of nitrogens with zero attached hydrogens (tertiary/aromatic N) is 1. The lowest BCUT2D eigenvalue weighted by Crippen LogP contribution is -2.66. The first kappa shape index (κ1) is 38.5. The fraction of sp³-hybridized carbons (Fsp3) is 0.865. The zero-order valence-corrected chi connectivity index (χ0v) is 31.7. The second kappa shape index (κ2) is 15.1. The van der Waals surface area contributed by atoms with Gasteiger partial charge in [0.25, 0.3) is 5.91 Å². The Hall–Kier alpha value is -2.70. The number of piperidine rings is 1. The minimum absolute atomic E-state index is 0.0853. The molecule has 5 amide bonds. The standard InChI is InChI=1S/C37H61N5O7S/c1-6-8-16-25(29(43)32(45)38-7-2)39-31(44)28-27-24(35(27,3)4)23-42(28)33(46)30(36(5)18-11-9-12-19-36)40-34(47)41-37(20-13-10-14-21-37)26-17-15-22-50(26,48)49/h24-28,30H,6-23H2,1-5H3,(H,38,45)(H,39,44)(H2,40,41,47)/t24-,25-,26+,27-,28-,30+/m0/s1. The van der Waals surface area contributed by atoms with Gasteiger partial charge in [-0.15, -0.1) is 0 Å². The van der Waals surface area contributed by atoms with E-state index in [-0.39, 0.29) is 28.9 Å². The predicted molar refractivity (Wildman–Crippen MR) is 191 cm³/mol. The number of rotatable bonds is 13. The quantitative estimate of drug-likeness (QED) is 0.210. The Morgan fingerprint density at radius 3 is 2.08 bits per heavy atom. The van der Waals surface area contributed by atoms with Crippen molar-refractivity contribution in [3.8, 4) is 0 Å². The summed E-state index contributed by atoms with van der Waals surface area (Å²) in [5, 5.41) is 11.0. The van der Waals surface area contributed by atoms with Gasteiger partial charge in [-0.25, -0.2) is 13.2 Å². The third-order valence-electron chi connectivity index (χ3n) is 13.1. The molecule has 2 saturated heterocycles. The van der Waals surface area contributed by atoms with Gasteiger partial charge < -0.3 is 26.2 Å². The van der Waals surface area contributed by atoms with Gasteiger partial charge in [0.2, 0.25) is 17.6 Å². The highest BCUT2D eigenvalue weighted by atomic mass is 32.2. The monoisotopic (exact) mass is 719 g/mol. The number of Topliss-reactive ketones (excluding diaryl/α,β-unsaturated/α-hetero) is 1. The van der Waals surface area contributed by atoms with Gasteiger partial charge in [-0.2, -0.15) is 0 Å². The molecule has 0 unspecified atom stereocenters. The maximum atomic E-state index is 14.9. The molecule has 0 radical (unpaired) electrons. The van der Waals surface area contributed by atoms with Crippen molar-refractivity contribution in [3.63, 3.8) is 0 Å². The summed E-state index contributed by atoms with van der Waals surface area (Å²) in [4.78, 5) is 70.4. The molecular weight excluding hydrogens is 659 g/mol. The number of unbranched alkanes of at least 4 members (excludes halogenated alkanes) is 1. The molecule has 2 heterocycles. The Kier molecular flexibility index (Phi) is 11.6. The Balaban J connectivity index is 1.41. The molecule has 282 valence electrons. The smallest absolute Gasteiger partial charge is 0.315 e. The first-order valence-corrected chi connectivity index (χ1v) is 21.1. The fourth-order valence-corrected chi connectivity index (χ4v) is 12.4. The maximum absolute atomic E-state index is 14.9. The van der Waals surface area contributed by atoms with Crippen LogP contribution in [0.25, 0.3) is 0 Å². The van der Waals surface area contributed by atoms with Crippen LogP contribution < -0.4 is 21.3 Å². The van der Waals surface area contributed by atoms with E-state index in [0.717, 1.165) is 57.8 Å². The van der Waals surface area contributed by atoms with E-state index in [2.05, 4.69) is 35.1 Å². The van der Waals surface area contributed by atoms with Crippen LogP contribution in [0.5, 0.6) is 0 Å². The van der Waals surface area contributed by atoms with Crippen LogP contribution in [-0.4, -0.2) is 90.6 Å². The van der Waals surface area contributed by atoms with Gasteiger partial charge >= 0.3 is 6.03 Å². The molecule has 5 rings (SSSR count). The lowest BCUT2D eigenvalue weighted by molar-refractivity contribution is -0.146. The second-order valence-electron chi connectivity index (χ2n) is 16.8. The van der Waals surface area contributed by atoms with Crippen molar-refractivity contribution in [1.82, 2.24) is 26.2 Å². The summed E-state index contributed by atoms with van der Waals surface area (Å²) >= 11 is 0. The molecule has 2 aliphatic heterocycles. The lowest BCUT2D eigenvalue weighted by Gasteiger charge is -2.45. The Labute approximate surface area is 298 Å². The van der Waals surface area contributed by atoms with Gasteiger partial charge in [-0.05, 0) is 74.5 Å². The van der Waals surface area contributed by atoms with Gasteiger partial charge in [0.15, 0.2) is 9.84 Å². The fourth-order valence-electron chi connectivity index (χ4n) is 10.0. The number of urea groups is 1. The molecule has 12 nitrogen and oxygen atoms in total. The SMILES string of the molecule is CCCC[C@H](NC(=O)[C@@H]1[C@@H]2[C@H](CN1C(=O)[C@@H](NC(=O)NC1([C@H]3CCCS3(=O)=O)CCCCC1)C1(C)CCCCC1)C2(C)C)C(=O)C(=O)NCC. The van der Waals surface area contributed by atoms with Gasteiger partial charge in [0.1, 0.15) is 12.1 Å². The van der Waals surface area contributed by atoms with E-state index in [9.17, 15) is 32.4 Å². The molecule has 0 aromatic rings. The average Bonchev–Trinajstić information content (AvgIpc) is 3.37. The number of carbonyl (C=O) groups is 5. The minimum Gasteiger partial charge on any atom is -0.350 e. The predicted octanol–water partition coefficient (Wildman–Crippen LogP) is 3.77. The molecule has 0 spiro atoms. The lowest BCUT2D eigenvalue weighted by atomic mass is 9.70. The number of sulfone groups is 1. The Bertz CT molecular complexity index is 1420. The number of likely N-dealkylation sites (N-methyl/N-ethyl adjacent to an activating group) is 1. The number of hydrogen-bond acceptors (Lipinski definition) is 7. The van der Waals surface area contributed by atoms with Crippen molar-refractivity contribution in [3.05, 3.63) is 0 Å². The first-order chi connectivity index (χ1) is 23.6. The van der Waals surface area contributed by atoms with Crippen molar-refractivity contribution in [2.75, 3.05) is 18.8 Å². The van der Waals surface area contributed by atoms with Gasteiger partial charge in [0, 0.05) is 13.1 Å². The van der Waals surface area contributed by atoms with Crippen LogP contribution in [0.4, 0.5) is 4.79 Å². The number of amides is 5. The summed E-state index contributed by atoms with van der Waals surface area (Å²) in [5.41, 5.74) is -1.62. The molecule has 5 aliphatic rings. The van der Waals surface area contributed by atoms with Crippen molar-refractivity contribution in [2.45, 2.75) is 160 Å².